The Hall–Kier alpha value is -0.780. The summed E-state index contributed by atoms with van der Waals surface area (Å²) in [6.45, 7) is 7.98. The van der Waals surface area contributed by atoms with Crippen LogP contribution in [0.4, 0.5) is 0 Å². The number of hydrogen-bond donors (Lipinski definition) is 1. The predicted molar refractivity (Wildman–Crippen MR) is 81.8 cm³/mol. The van der Waals surface area contributed by atoms with Crippen LogP contribution in [0.2, 0.25) is 5.02 Å². The summed E-state index contributed by atoms with van der Waals surface area (Å²) in [7, 11) is -2.10. The predicted octanol–water partition coefficient (Wildman–Crippen LogP) is 3.31. The lowest BCUT2D eigenvalue weighted by molar-refractivity contribution is 0.355. The normalized spacial score (nSPS) is 12.4. The van der Waals surface area contributed by atoms with Crippen molar-refractivity contribution in [2.24, 2.45) is 11.8 Å². The molecule has 1 aromatic rings. The van der Waals surface area contributed by atoms with Gasteiger partial charge in [0.25, 0.3) is 0 Å². The minimum atomic E-state index is -3.59. The van der Waals surface area contributed by atoms with E-state index in [0.717, 1.165) is 0 Å². The van der Waals surface area contributed by atoms with Crippen LogP contribution in [-0.2, 0) is 10.0 Å². The maximum Gasteiger partial charge on any atom is 0.240 e. The van der Waals surface area contributed by atoms with Crippen molar-refractivity contribution in [3.8, 4) is 5.75 Å². The first-order valence-electron chi connectivity index (χ1n) is 6.55. The molecule has 1 N–H and O–H groups in total. The molecule has 0 radical (unpaired) electrons. The summed E-state index contributed by atoms with van der Waals surface area (Å²) in [5.41, 5.74) is 0. The molecule has 4 nitrogen and oxygen atoms in total. The molecule has 1 aromatic carbocycles. The molecule has 0 atom stereocenters. The minimum Gasteiger partial charge on any atom is -0.495 e. The van der Waals surface area contributed by atoms with Crippen LogP contribution in [0.1, 0.15) is 27.7 Å². The van der Waals surface area contributed by atoms with Crippen molar-refractivity contribution in [3.05, 3.63) is 23.2 Å². The van der Waals surface area contributed by atoms with Crippen LogP contribution in [0.5, 0.6) is 5.75 Å². The van der Waals surface area contributed by atoms with E-state index in [1.807, 2.05) is 27.7 Å². The van der Waals surface area contributed by atoms with Crippen LogP contribution >= 0.6 is 11.6 Å². The molecule has 0 bridgehead atoms. The average Bonchev–Trinajstić information content (AvgIpc) is 2.35. The second kappa shape index (κ2) is 6.78. The molecule has 0 unspecified atom stereocenters. The fraction of sp³-hybridized carbons (Fsp3) is 0.571. The van der Waals surface area contributed by atoms with Gasteiger partial charge in [-0.2, -0.15) is 0 Å². The molecule has 0 fully saturated rings. The zero-order valence-electron chi connectivity index (χ0n) is 12.5. The van der Waals surface area contributed by atoms with Gasteiger partial charge in [-0.15, -0.1) is 0 Å². The van der Waals surface area contributed by atoms with Gasteiger partial charge in [0, 0.05) is 6.04 Å². The number of benzene rings is 1. The van der Waals surface area contributed by atoms with Gasteiger partial charge in [-0.1, -0.05) is 39.3 Å². The highest BCUT2D eigenvalue weighted by Gasteiger charge is 2.25. The summed E-state index contributed by atoms with van der Waals surface area (Å²) < 4.78 is 32.6. The fourth-order valence-electron chi connectivity index (χ4n) is 2.10. The SMILES string of the molecule is COc1ccc(S(=O)(=O)NC(C(C)C)C(C)C)cc1Cl. The van der Waals surface area contributed by atoms with Gasteiger partial charge >= 0.3 is 0 Å². The van der Waals surface area contributed by atoms with E-state index in [-0.39, 0.29) is 27.8 Å². The second-order valence-electron chi connectivity index (χ2n) is 5.43. The van der Waals surface area contributed by atoms with Crippen molar-refractivity contribution in [3.63, 3.8) is 0 Å². The van der Waals surface area contributed by atoms with Gasteiger partial charge < -0.3 is 4.74 Å². The molecule has 0 saturated carbocycles. The first-order valence-corrected chi connectivity index (χ1v) is 8.41. The van der Waals surface area contributed by atoms with Crippen LogP contribution in [0, 0.1) is 11.8 Å². The number of hydrogen-bond acceptors (Lipinski definition) is 3. The monoisotopic (exact) mass is 319 g/mol. The first-order chi connectivity index (χ1) is 9.19. The number of methoxy groups -OCH3 is 1. The Morgan fingerprint density at radius 2 is 1.70 bits per heavy atom. The molecule has 114 valence electrons. The fourth-order valence-corrected chi connectivity index (χ4v) is 3.98. The third-order valence-corrected chi connectivity index (χ3v) is 4.91. The Kier molecular flexibility index (Phi) is 5.86. The van der Waals surface area contributed by atoms with Gasteiger partial charge in [0.2, 0.25) is 10.0 Å². The average molecular weight is 320 g/mol. The molecule has 0 aromatic heterocycles. The molecule has 0 aliphatic heterocycles. The van der Waals surface area contributed by atoms with Crippen molar-refractivity contribution >= 4 is 21.6 Å². The molecular weight excluding hydrogens is 298 g/mol. The Morgan fingerprint density at radius 3 is 2.10 bits per heavy atom. The maximum absolute atomic E-state index is 12.4. The highest BCUT2D eigenvalue weighted by molar-refractivity contribution is 7.89. The van der Waals surface area contributed by atoms with E-state index in [0.29, 0.717) is 5.75 Å². The zero-order chi connectivity index (χ0) is 15.5. The first kappa shape index (κ1) is 17.3. The molecule has 0 amide bonds. The van der Waals surface area contributed by atoms with Crippen molar-refractivity contribution < 1.29 is 13.2 Å². The Balaban J connectivity index is 3.07. The smallest absolute Gasteiger partial charge is 0.240 e. The lowest BCUT2D eigenvalue weighted by Gasteiger charge is -2.25. The quantitative estimate of drug-likeness (QED) is 0.875. The number of halogens is 1. The Morgan fingerprint density at radius 1 is 1.15 bits per heavy atom. The standard InChI is InChI=1S/C14H22ClNO3S/c1-9(2)14(10(3)4)16-20(17,18)11-6-7-13(19-5)12(15)8-11/h6-10,14,16H,1-5H3. The van der Waals surface area contributed by atoms with E-state index in [4.69, 9.17) is 16.3 Å². The third kappa shape index (κ3) is 4.11. The minimum absolute atomic E-state index is 0.124. The number of sulfonamides is 1. The van der Waals surface area contributed by atoms with Crippen LogP contribution in [0.15, 0.2) is 23.1 Å². The summed E-state index contributed by atoms with van der Waals surface area (Å²) >= 11 is 5.98. The van der Waals surface area contributed by atoms with E-state index < -0.39 is 10.0 Å². The van der Waals surface area contributed by atoms with Gasteiger partial charge in [-0.3, -0.25) is 0 Å². The molecule has 0 saturated heterocycles. The summed E-state index contributed by atoms with van der Waals surface area (Å²) in [6, 6.07) is 4.32. The Bertz CT molecular complexity index is 548. The molecule has 0 aliphatic carbocycles. The molecule has 0 heterocycles. The number of nitrogens with one attached hydrogen (secondary N) is 1. The highest BCUT2D eigenvalue weighted by atomic mass is 35.5. The number of rotatable bonds is 6. The summed E-state index contributed by atoms with van der Waals surface area (Å²) in [6.07, 6.45) is 0. The Labute approximate surface area is 126 Å². The topological polar surface area (TPSA) is 55.4 Å². The van der Waals surface area contributed by atoms with Gasteiger partial charge in [-0.25, -0.2) is 13.1 Å². The van der Waals surface area contributed by atoms with Crippen LogP contribution in [0.3, 0.4) is 0 Å². The van der Waals surface area contributed by atoms with Crippen molar-refractivity contribution in [2.45, 2.75) is 38.6 Å². The number of ether oxygens (including phenoxy) is 1. The van der Waals surface area contributed by atoms with Crippen molar-refractivity contribution in [1.82, 2.24) is 4.72 Å². The molecular formula is C14H22ClNO3S. The van der Waals surface area contributed by atoms with E-state index in [9.17, 15) is 8.42 Å². The molecule has 0 spiro atoms. The van der Waals surface area contributed by atoms with Gasteiger partial charge in [0.1, 0.15) is 5.75 Å². The van der Waals surface area contributed by atoms with E-state index in [1.165, 1.54) is 19.2 Å². The molecule has 20 heavy (non-hydrogen) atoms. The van der Waals surface area contributed by atoms with Crippen LogP contribution in [-0.4, -0.2) is 21.6 Å². The van der Waals surface area contributed by atoms with E-state index in [2.05, 4.69) is 4.72 Å². The van der Waals surface area contributed by atoms with Crippen LogP contribution in [0.25, 0.3) is 0 Å². The highest BCUT2D eigenvalue weighted by Crippen LogP contribution is 2.27. The molecule has 0 aliphatic rings. The second-order valence-corrected chi connectivity index (χ2v) is 7.55. The lowest BCUT2D eigenvalue weighted by atomic mass is 9.94. The third-order valence-electron chi connectivity index (χ3n) is 3.16. The summed E-state index contributed by atoms with van der Waals surface area (Å²) in [4.78, 5) is 0.148. The van der Waals surface area contributed by atoms with Crippen LogP contribution < -0.4 is 9.46 Å². The summed E-state index contributed by atoms with van der Waals surface area (Å²) in [5.74, 6) is 0.867. The molecule has 1 rings (SSSR count). The van der Waals surface area contributed by atoms with Gasteiger partial charge in [0.15, 0.2) is 0 Å². The van der Waals surface area contributed by atoms with Gasteiger partial charge in [0.05, 0.1) is 17.0 Å². The zero-order valence-corrected chi connectivity index (χ0v) is 14.0. The summed E-state index contributed by atoms with van der Waals surface area (Å²) in [5, 5.41) is 0.279. The maximum atomic E-state index is 12.4. The largest absolute Gasteiger partial charge is 0.495 e. The van der Waals surface area contributed by atoms with Crippen molar-refractivity contribution in [2.75, 3.05) is 7.11 Å². The van der Waals surface area contributed by atoms with E-state index >= 15 is 0 Å². The molecule has 6 heteroatoms. The van der Waals surface area contributed by atoms with E-state index in [1.54, 1.807) is 6.07 Å². The van der Waals surface area contributed by atoms with Crippen molar-refractivity contribution in [1.29, 1.82) is 0 Å². The lowest BCUT2D eigenvalue weighted by Crippen LogP contribution is -2.42. The van der Waals surface area contributed by atoms with Gasteiger partial charge in [-0.05, 0) is 30.0 Å².